The van der Waals surface area contributed by atoms with E-state index in [1.165, 1.54) is 7.11 Å². The lowest BCUT2D eigenvalue weighted by atomic mass is 10.2. The average Bonchev–Trinajstić information content (AvgIpc) is 2.58. The number of rotatable bonds is 4. The lowest BCUT2D eigenvalue weighted by molar-refractivity contribution is -0.135. The number of carbonyl (C=O) groups is 1. The van der Waals surface area contributed by atoms with E-state index in [-0.39, 0.29) is 12.3 Å². The van der Waals surface area contributed by atoms with Crippen LogP contribution in [0.2, 0.25) is 0 Å². The molecule has 3 rings (SSSR count). The Hall–Kier alpha value is -3.22. The summed E-state index contributed by atoms with van der Waals surface area (Å²) in [4.78, 5) is 24.3. The zero-order valence-electron chi connectivity index (χ0n) is 12.3. The van der Waals surface area contributed by atoms with Crippen LogP contribution in [0.5, 0.6) is 11.5 Å². The summed E-state index contributed by atoms with van der Waals surface area (Å²) >= 11 is 0. The van der Waals surface area contributed by atoms with E-state index >= 15 is 0 Å². The third-order valence-electron chi connectivity index (χ3n) is 3.20. The summed E-state index contributed by atoms with van der Waals surface area (Å²) in [6, 6.07) is 13.5. The van der Waals surface area contributed by atoms with Gasteiger partial charge in [-0.1, -0.05) is 29.5 Å². The fraction of sp³-hybridized carbons (Fsp3) is 0.125. The minimum absolute atomic E-state index is 0.279. The minimum Gasteiger partial charge on any atom is -0.493 e. The monoisotopic (exact) mass is 311 g/mol. The zero-order chi connectivity index (χ0) is 16.2. The van der Waals surface area contributed by atoms with Gasteiger partial charge in [-0.25, -0.2) is 4.79 Å². The first-order chi connectivity index (χ1) is 11.2. The molecule has 7 heteroatoms. The highest BCUT2D eigenvalue weighted by Gasteiger charge is 2.13. The first-order valence-electron chi connectivity index (χ1n) is 6.85. The van der Waals surface area contributed by atoms with Crippen molar-refractivity contribution in [2.75, 3.05) is 7.11 Å². The Morgan fingerprint density at radius 1 is 1.09 bits per heavy atom. The molecule has 0 saturated carbocycles. The van der Waals surface area contributed by atoms with Gasteiger partial charge in [0.1, 0.15) is 12.1 Å². The molecular weight excluding hydrogens is 298 g/mol. The summed E-state index contributed by atoms with van der Waals surface area (Å²) in [5.74, 6) is 0.0702. The molecule has 1 heterocycles. The van der Waals surface area contributed by atoms with E-state index in [2.05, 4.69) is 10.3 Å². The first kappa shape index (κ1) is 14.7. The number of ether oxygens (including phenoxy) is 2. The molecule has 116 valence electrons. The molecule has 0 bridgehead atoms. The highest BCUT2D eigenvalue weighted by atomic mass is 16.6. The first-order valence-corrected chi connectivity index (χ1v) is 6.85. The molecular formula is C16H13N3O4. The van der Waals surface area contributed by atoms with E-state index in [1.807, 2.05) is 0 Å². The van der Waals surface area contributed by atoms with Gasteiger partial charge in [-0.2, -0.15) is 4.68 Å². The Labute approximate surface area is 131 Å². The lowest BCUT2D eigenvalue weighted by Crippen LogP contribution is -2.29. The van der Waals surface area contributed by atoms with Crippen molar-refractivity contribution in [3.05, 3.63) is 58.9 Å². The van der Waals surface area contributed by atoms with E-state index in [4.69, 9.17) is 9.47 Å². The van der Waals surface area contributed by atoms with E-state index < -0.39 is 11.5 Å². The van der Waals surface area contributed by atoms with Gasteiger partial charge in [0.15, 0.2) is 11.5 Å². The van der Waals surface area contributed by atoms with Gasteiger partial charge in [0, 0.05) is 0 Å². The molecule has 2 aromatic carbocycles. The molecule has 0 aliphatic carbocycles. The standard InChI is InChI=1S/C16H13N3O4/c1-22-13-8-4-5-9-14(13)23-15(20)10-19-16(21)11-6-2-3-7-12(11)17-18-19/h2-9H,10H2,1H3. The molecule has 0 aliphatic heterocycles. The topological polar surface area (TPSA) is 83.3 Å². The smallest absolute Gasteiger partial charge is 0.333 e. The molecule has 1 aromatic heterocycles. The van der Waals surface area contributed by atoms with Crippen molar-refractivity contribution >= 4 is 16.9 Å². The van der Waals surface area contributed by atoms with E-state index in [1.54, 1.807) is 48.5 Å². The zero-order valence-corrected chi connectivity index (χ0v) is 12.3. The predicted octanol–water partition coefficient (Wildman–Crippen LogP) is 1.41. The maximum atomic E-state index is 12.3. The van der Waals surface area contributed by atoms with Gasteiger partial charge in [-0.05, 0) is 24.3 Å². The number of aromatic nitrogens is 3. The van der Waals surface area contributed by atoms with Crippen LogP contribution in [0.4, 0.5) is 0 Å². The third-order valence-corrected chi connectivity index (χ3v) is 3.20. The fourth-order valence-electron chi connectivity index (χ4n) is 2.11. The van der Waals surface area contributed by atoms with Crippen LogP contribution in [0.15, 0.2) is 53.3 Å². The van der Waals surface area contributed by atoms with Crippen molar-refractivity contribution in [1.82, 2.24) is 15.0 Å². The highest BCUT2D eigenvalue weighted by molar-refractivity contribution is 5.77. The number of hydrogen-bond acceptors (Lipinski definition) is 6. The van der Waals surface area contributed by atoms with Crippen molar-refractivity contribution < 1.29 is 14.3 Å². The molecule has 0 atom stereocenters. The molecule has 0 unspecified atom stereocenters. The second-order valence-corrected chi connectivity index (χ2v) is 4.69. The summed E-state index contributed by atoms with van der Waals surface area (Å²) in [7, 11) is 1.48. The van der Waals surface area contributed by atoms with Crippen molar-refractivity contribution in [3.8, 4) is 11.5 Å². The quantitative estimate of drug-likeness (QED) is 0.535. The second kappa shape index (κ2) is 6.27. The van der Waals surface area contributed by atoms with Crippen LogP contribution in [0.3, 0.4) is 0 Å². The summed E-state index contributed by atoms with van der Waals surface area (Å²) in [5.41, 5.74) is 0.0828. The molecule has 0 saturated heterocycles. The average molecular weight is 311 g/mol. The van der Waals surface area contributed by atoms with Crippen molar-refractivity contribution in [2.24, 2.45) is 0 Å². The van der Waals surface area contributed by atoms with Gasteiger partial charge in [0.2, 0.25) is 0 Å². The number of para-hydroxylation sites is 2. The maximum absolute atomic E-state index is 12.3. The van der Waals surface area contributed by atoms with Crippen LogP contribution in [-0.2, 0) is 11.3 Å². The molecule has 0 radical (unpaired) electrons. The normalized spacial score (nSPS) is 10.5. The molecule has 7 nitrogen and oxygen atoms in total. The summed E-state index contributed by atoms with van der Waals surface area (Å²) < 4.78 is 11.3. The molecule has 0 amide bonds. The fourth-order valence-corrected chi connectivity index (χ4v) is 2.11. The molecule has 0 N–H and O–H groups in total. The number of esters is 1. The van der Waals surface area contributed by atoms with Crippen molar-refractivity contribution in [1.29, 1.82) is 0 Å². The van der Waals surface area contributed by atoms with Gasteiger partial charge < -0.3 is 9.47 Å². The summed E-state index contributed by atoms with van der Waals surface area (Å²) in [5, 5.41) is 8.06. The third kappa shape index (κ3) is 3.03. The number of benzene rings is 2. The Bertz CT molecular complexity index is 920. The molecule has 3 aromatic rings. The summed E-state index contributed by atoms with van der Waals surface area (Å²) in [6.07, 6.45) is 0. The Kier molecular flexibility index (Phi) is 4.01. The largest absolute Gasteiger partial charge is 0.493 e. The number of hydrogen-bond donors (Lipinski definition) is 0. The molecule has 23 heavy (non-hydrogen) atoms. The highest BCUT2D eigenvalue weighted by Crippen LogP contribution is 2.25. The predicted molar refractivity (Wildman–Crippen MR) is 82.4 cm³/mol. The Morgan fingerprint density at radius 3 is 2.57 bits per heavy atom. The SMILES string of the molecule is COc1ccccc1OC(=O)Cn1nnc2ccccc2c1=O. The van der Waals surface area contributed by atoms with Crippen molar-refractivity contribution in [2.45, 2.75) is 6.54 Å². The van der Waals surface area contributed by atoms with E-state index in [0.29, 0.717) is 16.7 Å². The van der Waals surface area contributed by atoms with Gasteiger partial charge in [-0.15, -0.1) is 5.10 Å². The number of fused-ring (bicyclic) bond motifs is 1. The molecule has 0 spiro atoms. The van der Waals surface area contributed by atoms with Crippen LogP contribution in [0.25, 0.3) is 10.9 Å². The van der Waals surface area contributed by atoms with Gasteiger partial charge in [-0.3, -0.25) is 4.79 Å². The number of methoxy groups -OCH3 is 1. The van der Waals surface area contributed by atoms with Crippen molar-refractivity contribution in [3.63, 3.8) is 0 Å². The van der Waals surface area contributed by atoms with Gasteiger partial charge in [0.05, 0.1) is 12.5 Å². The van der Waals surface area contributed by atoms with Crippen LogP contribution in [-0.4, -0.2) is 28.1 Å². The summed E-state index contributed by atoms with van der Waals surface area (Å²) in [6.45, 7) is -0.339. The van der Waals surface area contributed by atoms with E-state index in [0.717, 1.165) is 4.68 Å². The van der Waals surface area contributed by atoms with Crippen LogP contribution >= 0.6 is 0 Å². The van der Waals surface area contributed by atoms with Crippen LogP contribution < -0.4 is 15.0 Å². The molecule has 0 fully saturated rings. The van der Waals surface area contributed by atoms with Gasteiger partial charge in [0.25, 0.3) is 5.56 Å². The van der Waals surface area contributed by atoms with Crippen LogP contribution in [0.1, 0.15) is 0 Å². The van der Waals surface area contributed by atoms with Gasteiger partial charge >= 0.3 is 5.97 Å². The maximum Gasteiger partial charge on any atom is 0.333 e. The number of nitrogens with zero attached hydrogens (tertiary/aromatic N) is 3. The van der Waals surface area contributed by atoms with E-state index in [9.17, 15) is 9.59 Å². The number of carbonyl (C=O) groups excluding carboxylic acids is 1. The Balaban J connectivity index is 1.83. The molecule has 0 aliphatic rings. The Morgan fingerprint density at radius 2 is 1.78 bits per heavy atom. The second-order valence-electron chi connectivity index (χ2n) is 4.69. The lowest BCUT2D eigenvalue weighted by Gasteiger charge is -2.09. The minimum atomic E-state index is -0.638. The van der Waals surface area contributed by atoms with Crippen LogP contribution in [0, 0.1) is 0 Å².